The van der Waals surface area contributed by atoms with E-state index in [9.17, 15) is 4.79 Å². The zero-order chi connectivity index (χ0) is 10.8. The van der Waals surface area contributed by atoms with Crippen molar-refractivity contribution in [2.24, 2.45) is 0 Å². The van der Waals surface area contributed by atoms with Crippen LogP contribution in [-0.4, -0.2) is 23.9 Å². The van der Waals surface area contributed by atoms with Crippen LogP contribution in [-0.2, 0) is 0 Å². The van der Waals surface area contributed by atoms with Crippen LogP contribution in [0, 0.1) is 0 Å². The highest BCUT2D eigenvalue weighted by Crippen LogP contribution is 2.09. The van der Waals surface area contributed by atoms with Crippen LogP contribution in [0.25, 0.3) is 10.9 Å². The highest BCUT2D eigenvalue weighted by molar-refractivity contribution is 5.78. The first kappa shape index (κ1) is 9.51. The second-order valence-electron chi connectivity index (χ2n) is 2.98. The second kappa shape index (κ2) is 3.61. The van der Waals surface area contributed by atoms with E-state index in [0.717, 1.165) is 4.73 Å². The predicted molar refractivity (Wildman–Crippen MR) is 58.1 cm³/mol. The largest absolute Gasteiger partial charge is 0.411 e. The number of nitrogens with zero attached hydrogens (tertiary/aromatic N) is 2. The van der Waals surface area contributed by atoms with Gasteiger partial charge in [0.2, 0.25) is 5.95 Å². The molecule has 0 aliphatic heterocycles. The van der Waals surface area contributed by atoms with Crippen molar-refractivity contribution in [3.63, 3.8) is 0 Å². The van der Waals surface area contributed by atoms with E-state index < -0.39 is 0 Å². The normalized spacial score (nSPS) is 10.3. The zero-order valence-electron chi connectivity index (χ0n) is 8.52. The fourth-order valence-electron chi connectivity index (χ4n) is 1.44. The van der Waals surface area contributed by atoms with Gasteiger partial charge in [-0.25, -0.2) is 4.98 Å². The molecule has 0 saturated heterocycles. The lowest BCUT2D eigenvalue weighted by atomic mass is 10.2. The standard InChI is InChI=1S/C10H11N3O2/c1-11-10-12-8-6-4-3-5-7(8)9(14)13(10)15-2/h3-6H,1-2H3,(H,11,12). The molecule has 1 aromatic heterocycles. The third kappa shape index (κ3) is 1.41. The van der Waals surface area contributed by atoms with Gasteiger partial charge in [-0.1, -0.05) is 12.1 Å². The highest BCUT2D eigenvalue weighted by atomic mass is 16.7. The van der Waals surface area contributed by atoms with E-state index in [2.05, 4.69) is 10.3 Å². The van der Waals surface area contributed by atoms with Crippen molar-refractivity contribution in [1.82, 2.24) is 9.71 Å². The lowest BCUT2D eigenvalue weighted by Crippen LogP contribution is -2.28. The van der Waals surface area contributed by atoms with Crippen LogP contribution in [0.3, 0.4) is 0 Å². The average Bonchev–Trinajstić information content (AvgIpc) is 2.29. The van der Waals surface area contributed by atoms with Crippen molar-refractivity contribution >= 4 is 16.9 Å². The van der Waals surface area contributed by atoms with Crippen LogP contribution in [0.5, 0.6) is 0 Å². The molecule has 1 heterocycles. The van der Waals surface area contributed by atoms with Crippen molar-refractivity contribution in [3.05, 3.63) is 34.6 Å². The van der Waals surface area contributed by atoms with E-state index in [1.54, 1.807) is 25.2 Å². The van der Waals surface area contributed by atoms with Crippen LogP contribution >= 0.6 is 0 Å². The van der Waals surface area contributed by atoms with E-state index in [4.69, 9.17) is 4.84 Å². The van der Waals surface area contributed by atoms with Gasteiger partial charge in [0, 0.05) is 7.05 Å². The summed E-state index contributed by atoms with van der Waals surface area (Å²) in [6.45, 7) is 0. The number of nitrogens with one attached hydrogen (secondary N) is 1. The van der Waals surface area contributed by atoms with Gasteiger partial charge in [-0.3, -0.25) is 4.79 Å². The first-order chi connectivity index (χ1) is 7.27. The SMILES string of the molecule is CNc1nc2ccccc2c(=O)n1OC. The monoisotopic (exact) mass is 205 g/mol. The molecule has 0 atom stereocenters. The topological polar surface area (TPSA) is 56.2 Å². The summed E-state index contributed by atoms with van der Waals surface area (Å²) >= 11 is 0. The van der Waals surface area contributed by atoms with Gasteiger partial charge in [-0.2, -0.15) is 0 Å². The Balaban J connectivity index is 2.88. The molecular formula is C10H11N3O2. The molecule has 2 aromatic rings. The maximum atomic E-state index is 11.9. The highest BCUT2D eigenvalue weighted by Gasteiger charge is 2.08. The molecule has 0 radical (unpaired) electrons. The van der Waals surface area contributed by atoms with Gasteiger partial charge in [0.25, 0.3) is 5.56 Å². The summed E-state index contributed by atoms with van der Waals surface area (Å²) in [5.74, 6) is 0.390. The third-order valence-corrected chi connectivity index (χ3v) is 2.14. The number of fused-ring (bicyclic) bond motifs is 1. The minimum Gasteiger partial charge on any atom is -0.411 e. The Labute approximate surface area is 86.3 Å². The van der Waals surface area contributed by atoms with E-state index in [1.807, 2.05) is 6.07 Å². The molecule has 0 fully saturated rings. The van der Waals surface area contributed by atoms with Gasteiger partial charge in [-0.15, -0.1) is 4.73 Å². The van der Waals surface area contributed by atoms with E-state index >= 15 is 0 Å². The van der Waals surface area contributed by atoms with Crippen molar-refractivity contribution in [3.8, 4) is 0 Å². The van der Waals surface area contributed by atoms with Gasteiger partial charge in [-0.05, 0) is 12.1 Å². The first-order valence-corrected chi connectivity index (χ1v) is 4.52. The summed E-state index contributed by atoms with van der Waals surface area (Å²) in [6, 6.07) is 7.15. The van der Waals surface area contributed by atoms with Crippen molar-refractivity contribution in [1.29, 1.82) is 0 Å². The molecular weight excluding hydrogens is 194 g/mol. The quantitative estimate of drug-likeness (QED) is 0.775. The van der Waals surface area contributed by atoms with Crippen LogP contribution in [0.2, 0.25) is 0 Å². The molecule has 0 aliphatic carbocycles. The van der Waals surface area contributed by atoms with Gasteiger partial charge >= 0.3 is 0 Å². The number of hydrogen-bond acceptors (Lipinski definition) is 4. The van der Waals surface area contributed by atoms with Crippen molar-refractivity contribution in [2.45, 2.75) is 0 Å². The summed E-state index contributed by atoms with van der Waals surface area (Å²) in [5.41, 5.74) is 0.438. The van der Waals surface area contributed by atoms with Crippen molar-refractivity contribution in [2.75, 3.05) is 19.5 Å². The molecule has 1 aromatic carbocycles. The minimum absolute atomic E-state index is 0.215. The summed E-state index contributed by atoms with van der Waals surface area (Å²) < 4.78 is 1.13. The summed E-state index contributed by atoms with van der Waals surface area (Å²) in [5, 5.41) is 3.35. The minimum atomic E-state index is -0.215. The molecule has 0 amide bonds. The first-order valence-electron chi connectivity index (χ1n) is 4.52. The predicted octanol–water partition coefficient (Wildman–Crippen LogP) is 0.497. The van der Waals surface area contributed by atoms with Gasteiger partial charge in [0.05, 0.1) is 10.9 Å². The van der Waals surface area contributed by atoms with E-state index in [0.29, 0.717) is 16.9 Å². The molecule has 0 unspecified atom stereocenters. The Morgan fingerprint density at radius 3 is 2.80 bits per heavy atom. The van der Waals surface area contributed by atoms with Crippen LogP contribution in [0.15, 0.2) is 29.1 Å². The smallest absolute Gasteiger partial charge is 0.295 e. The van der Waals surface area contributed by atoms with Gasteiger partial charge in [0.1, 0.15) is 7.11 Å². The summed E-state index contributed by atoms with van der Waals surface area (Å²) in [7, 11) is 3.12. The molecule has 0 saturated carbocycles. The maximum absolute atomic E-state index is 11.9. The number of aromatic nitrogens is 2. The lowest BCUT2D eigenvalue weighted by molar-refractivity contribution is 0.161. The number of para-hydroxylation sites is 1. The Morgan fingerprint density at radius 2 is 2.13 bits per heavy atom. The van der Waals surface area contributed by atoms with Crippen LogP contribution in [0.4, 0.5) is 5.95 Å². The third-order valence-electron chi connectivity index (χ3n) is 2.14. The Morgan fingerprint density at radius 1 is 1.40 bits per heavy atom. The molecule has 0 bridgehead atoms. The molecule has 15 heavy (non-hydrogen) atoms. The number of rotatable bonds is 2. The number of benzene rings is 1. The maximum Gasteiger partial charge on any atom is 0.295 e. The molecule has 0 spiro atoms. The summed E-state index contributed by atoms with van der Waals surface area (Å²) in [4.78, 5) is 21.1. The Hall–Kier alpha value is -2.04. The fraction of sp³-hybridized carbons (Fsp3) is 0.200. The van der Waals surface area contributed by atoms with E-state index in [1.165, 1.54) is 7.11 Å². The van der Waals surface area contributed by atoms with Crippen LogP contribution < -0.4 is 15.7 Å². The average molecular weight is 205 g/mol. The molecule has 0 aliphatic rings. The molecule has 78 valence electrons. The zero-order valence-corrected chi connectivity index (χ0v) is 8.52. The second-order valence-corrected chi connectivity index (χ2v) is 2.98. The Kier molecular flexibility index (Phi) is 2.29. The molecule has 2 rings (SSSR count). The molecule has 5 heteroatoms. The lowest BCUT2D eigenvalue weighted by Gasteiger charge is -2.09. The van der Waals surface area contributed by atoms with E-state index in [-0.39, 0.29) is 5.56 Å². The van der Waals surface area contributed by atoms with Crippen molar-refractivity contribution < 1.29 is 4.84 Å². The van der Waals surface area contributed by atoms with Crippen LogP contribution in [0.1, 0.15) is 0 Å². The molecule has 1 N–H and O–H groups in total. The number of hydrogen-bond donors (Lipinski definition) is 1. The fourth-order valence-corrected chi connectivity index (χ4v) is 1.44. The molecule has 5 nitrogen and oxygen atoms in total. The van der Waals surface area contributed by atoms with Gasteiger partial charge in [0.15, 0.2) is 0 Å². The van der Waals surface area contributed by atoms with Gasteiger partial charge < -0.3 is 10.2 Å². The Bertz CT molecular complexity index is 548. The summed E-state index contributed by atoms with van der Waals surface area (Å²) in [6.07, 6.45) is 0. The number of anilines is 1.